The Labute approximate surface area is 148 Å². The van der Waals surface area contributed by atoms with Gasteiger partial charge in [0.05, 0.1) is 8.47 Å². The van der Waals surface area contributed by atoms with E-state index in [9.17, 15) is 0 Å². The Balaban J connectivity index is 1.62. The number of nitrogens with one attached hydrogen (secondary N) is 1. The molecular formula is C17H15NS4. The third-order valence-corrected chi connectivity index (χ3v) is 9.35. The van der Waals surface area contributed by atoms with Crippen LogP contribution in [0, 0.1) is 0 Å². The van der Waals surface area contributed by atoms with Crippen molar-refractivity contribution in [3.63, 3.8) is 0 Å². The molecule has 2 aliphatic heterocycles. The highest BCUT2D eigenvalue weighted by Crippen LogP contribution is 2.61. The van der Waals surface area contributed by atoms with E-state index in [4.69, 9.17) is 0 Å². The van der Waals surface area contributed by atoms with Crippen LogP contribution in [0.25, 0.3) is 0 Å². The molecule has 0 spiro atoms. The zero-order valence-corrected chi connectivity index (χ0v) is 15.5. The molecule has 0 saturated heterocycles. The first-order chi connectivity index (χ1) is 10.7. The maximum absolute atomic E-state index is 3.31. The molecule has 0 bridgehead atoms. The van der Waals surface area contributed by atoms with Crippen molar-refractivity contribution in [2.75, 3.05) is 7.05 Å². The van der Waals surface area contributed by atoms with Gasteiger partial charge in [-0.3, -0.25) is 0 Å². The molecule has 1 nitrogen and oxygen atoms in total. The second-order valence-corrected chi connectivity index (χ2v) is 9.87. The van der Waals surface area contributed by atoms with Gasteiger partial charge in [0.15, 0.2) is 0 Å². The summed E-state index contributed by atoms with van der Waals surface area (Å²) in [4.78, 5) is 5.55. The summed E-state index contributed by atoms with van der Waals surface area (Å²) in [6.07, 6.45) is 0. The van der Waals surface area contributed by atoms with Crippen LogP contribution < -0.4 is 5.32 Å². The molecule has 5 heteroatoms. The van der Waals surface area contributed by atoms with Crippen molar-refractivity contribution in [1.29, 1.82) is 0 Å². The average Bonchev–Trinajstić information content (AvgIpc) is 3.16. The van der Waals surface area contributed by atoms with Gasteiger partial charge in [-0.1, -0.05) is 65.2 Å². The van der Waals surface area contributed by atoms with E-state index in [0.29, 0.717) is 6.04 Å². The highest BCUT2D eigenvalue weighted by Gasteiger charge is 2.26. The van der Waals surface area contributed by atoms with E-state index >= 15 is 0 Å². The molecule has 2 aliphatic rings. The largest absolute Gasteiger partial charge is 0.313 e. The van der Waals surface area contributed by atoms with Crippen LogP contribution in [-0.4, -0.2) is 7.05 Å². The Morgan fingerprint density at radius 3 is 1.91 bits per heavy atom. The van der Waals surface area contributed by atoms with Gasteiger partial charge in [0.1, 0.15) is 0 Å². The minimum absolute atomic E-state index is 0.395. The first-order valence-corrected chi connectivity index (χ1v) is 10.4. The van der Waals surface area contributed by atoms with E-state index in [0.717, 1.165) is 0 Å². The predicted molar refractivity (Wildman–Crippen MR) is 101 cm³/mol. The Bertz CT molecular complexity index is 742. The van der Waals surface area contributed by atoms with Gasteiger partial charge in [-0.25, -0.2) is 0 Å². The Morgan fingerprint density at radius 1 is 0.773 bits per heavy atom. The number of benzene rings is 2. The van der Waals surface area contributed by atoms with E-state index in [1.54, 1.807) is 0 Å². The highest BCUT2D eigenvalue weighted by atomic mass is 32.2. The summed E-state index contributed by atoms with van der Waals surface area (Å²) >= 11 is 7.65. The van der Waals surface area contributed by atoms with Crippen LogP contribution in [0.5, 0.6) is 0 Å². The molecule has 4 rings (SSSR count). The van der Waals surface area contributed by atoms with Crippen molar-refractivity contribution < 1.29 is 0 Å². The van der Waals surface area contributed by atoms with E-state index < -0.39 is 0 Å². The topological polar surface area (TPSA) is 12.0 Å². The van der Waals surface area contributed by atoms with Crippen LogP contribution in [0.2, 0.25) is 0 Å². The van der Waals surface area contributed by atoms with Gasteiger partial charge in [-0.05, 0) is 43.8 Å². The second kappa shape index (κ2) is 6.21. The summed E-state index contributed by atoms with van der Waals surface area (Å²) in [5.74, 6) is 0. The number of rotatable bonds is 2. The first kappa shape index (κ1) is 15.1. The molecule has 1 N–H and O–H groups in total. The van der Waals surface area contributed by atoms with Crippen LogP contribution in [-0.2, 0) is 0 Å². The third-order valence-electron chi connectivity index (χ3n) is 3.73. The lowest BCUT2D eigenvalue weighted by Gasteiger charge is -2.11. The fraction of sp³-hybridized carbons (Fsp3) is 0.176. The summed E-state index contributed by atoms with van der Waals surface area (Å²) < 4.78 is 2.85. The number of fused-ring (bicyclic) bond motifs is 2. The SMILES string of the molecule is CNC(C)c1ccc2c(c1)SC(=C1Sc3ccccc3S1)S2. The molecule has 112 valence electrons. The number of thioether (sulfide) groups is 4. The molecule has 1 atom stereocenters. The average molecular weight is 362 g/mol. The van der Waals surface area contributed by atoms with Crippen LogP contribution >= 0.6 is 47.0 Å². The molecule has 0 aliphatic carbocycles. The van der Waals surface area contributed by atoms with Crippen molar-refractivity contribution >= 4 is 47.0 Å². The van der Waals surface area contributed by atoms with E-state index in [2.05, 4.69) is 54.7 Å². The Hall–Kier alpha value is -0.460. The van der Waals surface area contributed by atoms with E-state index in [1.165, 1.54) is 33.6 Å². The van der Waals surface area contributed by atoms with Crippen LogP contribution in [0.1, 0.15) is 18.5 Å². The van der Waals surface area contributed by atoms with Gasteiger partial charge in [0.2, 0.25) is 0 Å². The van der Waals surface area contributed by atoms with Crippen LogP contribution in [0.3, 0.4) is 0 Å². The predicted octanol–water partition coefficient (Wildman–Crippen LogP) is 6.19. The van der Waals surface area contributed by atoms with Gasteiger partial charge in [0.25, 0.3) is 0 Å². The zero-order valence-electron chi connectivity index (χ0n) is 12.3. The maximum atomic E-state index is 3.31. The monoisotopic (exact) mass is 361 g/mol. The minimum atomic E-state index is 0.395. The normalized spacial score (nSPS) is 17.5. The fourth-order valence-corrected chi connectivity index (χ4v) is 7.68. The van der Waals surface area contributed by atoms with Gasteiger partial charge < -0.3 is 5.32 Å². The Kier molecular flexibility index (Phi) is 4.26. The van der Waals surface area contributed by atoms with Crippen LogP contribution in [0.4, 0.5) is 0 Å². The summed E-state index contributed by atoms with van der Waals surface area (Å²) in [7, 11) is 2.01. The lowest BCUT2D eigenvalue weighted by atomic mass is 10.1. The van der Waals surface area contributed by atoms with E-state index in [-0.39, 0.29) is 0 Å². The number of hydrogen-bond acceptors (Lipinski definition) is 5. The smallest absolute Gasteiger partial charge is 0.0706 e. The maximum Gasteiger partial charge on any atom is 0.0706 e. The van der Waals surface area contributed by atoms with Crippen molar-refractivity contribution in [3.05, 3.63) is 56.5 Å². The molecular weight excluding hydrogens is 346 g/mol. The molecule has 0 aromatic heterocycles. The van der Waals surface area contributed by atoms with Gasteiger partial charge in [-0.2, -0.15) is 0 Å². The molecule has 22 heavy (non-hydrogen) atoms. The van der Waals surface area contributed by atoms with Gasteiger partial charge in [0, 0.05) is 25.6 Å². The lowest BCUT2D eigenvalue weighted by Crippen LogP contribution is -2.12. The Morgan fingerprint density at radius 2 is 1.32 bits per heavy atom. The van der Waals surface area contributed by atoms with Crippen molar-refractivity contribution in [2.45, 2.75) is 32.5 Å². The van der Waals surface area contributed by atoms with E-state index in [1.807, 2.05) is 54.1 Å². The minimum Gasteiger partial charge on any atom is -0.313 e. The molecule has 2 aromatic rings. The van der Waals surface area contributed by atoms with Gasteiger partial charge >= 0.3 is 0 Å². The molecule has 0 saturated carbocycles. The van der Waals surface area contributed by atoms with Crippen LogP contribution in [0.15, 0.2) is 70.5 Å². The van der Waals surface area contributed by atoms with Gasteiger partial charge in [-0.15, -0.1) is 0 Å². The zero-order chi connectivity index (χ0) is 15.1. The molecule has 1 unspecified atom stereocenters. The number of hydrogen-bond donors (Lipinski definition) is 1. The van der Waals surface area contributed by atoms with Crippen molar-refractivity contribution in [3.8, 4) is 0 Å². The van der Waals surface area contributed by atoms with Crippen molar-refractivity contribution in [1.82, 2.24) is 5.32 Å². The first-order valence-electron chi connectivity index (χ1n) is 7.10. The molecule has 0 fully saturated rings. The summed E-state index contributed by atoms with van der Waals surface area (Å²) in [6, 6.07) is 15.9. The standard InChI is InChI=1S/C17H15NS4/c1-10(18-2)11-7-8-14-15(9-11)22-17(21-14)16-19-12-5-3-4-6-13(12)20-16/h3-10,18H,1-2H3. The third kappa shape index (κ3) is 2.74. The summed E-state index contributed by atoms with van der Waals surface area (Å²) in [6.45, 7) is 2.20. The second-order valence-electron chi connectivity index (χ2n) is 5.15. The fourth-order valence-electron chi connectivity index (χ4n) is 2.35. The molecule has 2 heterocycles. The lowest BCUT2D eigenvalue weighted by molar-refractivity contribution is 0.650. The summed E-state index contributed by atoms with van der Waals surface area (Å²) in [5, 5.41) is 3.31. The molecule has 2 aromatic carbocycles. The molecule has 0 radical (unpaired) electrons. The quantitative estimate of drug-likeness (QED) is 0.682. The van der Waals surface area contributed by atoms with Crippen molar-refractivity contribution in [2.24, 2.45) is 0 Å². The molecule has 0 amide bonds. The highest BCUT2D eigenvalue weighted by molar-refractivity contribution is 8.30. The summed E-state index contributed by atoms with van der Waals surface area (Å²) in [5.41, 5.74) is 1.36.